The van der Waals surface area contributed by atoms with E-state index in [1.165, 1.54) is 8.61 Å². The van der Waals surface area contributed by atoms with Gasteiger partial charge in [0.1, 0.15) is 0 Å². The highest BCUT2D eigenvalue weighted by Crippen LogP contribution is 2.24. The highest BCUT2D eigenvalue weighted by molar-refractivity contribution is 7.92. The highest BCUT2D eigenvalue weighted by Gasteiger charge is 2.27. The molecule has 10 nitrogen and oxygen atoms in total. The normalized spacial score (nSPS) is 13.7. The number of carbonyl (C=O) groups excluding carboxylic acids is 2. The quantitative estimate of drug-likeness (QED) is 0.252. The number of amides is 2. The summed E-state index contributed by atoms with van der Waals surface area (Å²) in [6.07, 6.45) is 2.31. The smallest absolute Gasteiger partial charge is 0.253 e. The Bertz CT molecular complexity index is 1740. The Morgan fingerprint density at radius 2 is 0.826 bits per heavy atom. The van der Waals surface area contributed by atoms with Gasteiger partial charge in [0.25, 0.3) is 11.8 Å². The maximum Gasteiger partial charge on any atom is 0.253 e. The number of rotatable bonds is 10. The molecule has 4 aromatic rings. The summed E-state index contributed by atoms with van der Waals surface area (Å²) in [6.45, 7) is 1.71. The minimum Gasteiger partial charge on any atom is -0.335 e. The maximum absolute atomic E-state index is 13.3. The van der Waals surface area contributed by atoms with Crippen molar-refractivity contribution in [3.8, 4) is 0 Å². The number of hydrogen-bond acceptors (Lipinski definition) is 6. The third-order valence-corrected chi connectivity index (χ3v) is 10.1. The summed E-state index contributed by atoms with van der Waals surface area (Å²) in [4.78, 5) is 29.9. The minimum absolute atomic E-state index is 0.176. The van der Waals surface area contributed by atoms with Crippen LogP contribution in [-0.4, -0.2) is 77.1 Å². The Balaban J connectivity index is 1.20. The maximum atomic E-state index is 13.3. The largest absolute Gasteiger partial charge is 0.335 e. The molecule has 1 fully saturated rings. The summed E-state index contributed by atoms with van der Waals surface area (Å²) < 4.78 is 52.7. The van der Waals surface area contributed by atoms with E-state index in [-0.39, 0.29) is 24.9 Å². The van der Waals surface area contributed by atoms with Crippen LogP contribution in [0.5, 0.6) is 0 Å². The summed E-state index contributed by atoms with van der Waals surface area (Å²) in [5, 5.41) is 0. The number of hydrogen-bond donors (Lipinski definition) is 0. The molecule has 0 aliphatic carbocycles. The van der Waals surface area contributed by atoms with Gasteiger partial charge in [-0.15, -0.1) is 0 Å². The fraction of sp³-hybridized carbons (Fsp3) is 0.235. The van der Waals surface area contributed by atoms with E-state index >= 15 is 0 Å². The zero-order valence-corrected chi connectivity index (χ0v) is 27.3. The van der Waals surface area contributed by atoms with Gasteiger partial charge in [-0.1, -0.05) is 60.7 Å². The predicted molar refractivity (Wildman–Crippen MR) is 180 cm³/mol. The van der Waals surface area contributed by atoms with Gasteiger partial charge in [0, 0.05) is 37.3 Å². The van der Waals surface area contributed by atoms with Crippen molar-refractivity contribution in [3.63, 3.8) is 0 Å². The lowest BCUT2D eigenvalue weighted by molar-refractivity contribution is 0.0535. The Hall–Kier alpha value is -4.68. The van der Waals surface area contributed by atoms with E-state index in [9.17, 15) is 26.4 Å². The second kappa shape index (κ2) is 13.8. The van der Waals surface area contributed by atoms with Crippen LogP contribution in [0, 0.1) is 0 Å². The van der Waals surface area contributed by atoms with Gasteiger partial charge in [0.15, 0.2) is 0 Å². The lowest BCUT2D eigenvalue weighted by Gasteiger charge is -2.35. The zero-order valence-electron chi connectivity index (χ0n) is 25.7. The molecular formula is C34H36N4O6S2. The van der Waals surface area contributed by atoms with Gasteiger partial charge in [-0.2, -0.15) is 0 Å². The van der Waals surface area contributed by atoms with Crippen LogP contribution in [0.3, 0.4) is 0 Å². The fourth-order valence-electron chi connectivity index (χ4n) is 5.32. The van der Waals surface area contributed by atoms with Crippen molar-refractivity contribution >= 4 is 43.2 Å². The molecular weight excluding hydrogens is 625 g/mol. The summed E-state index contributed by atoms with van der Waals surface area (Å²) >= 11 is 0. The first-order valence-corrected chi connectivity index (χ1v) is 18.4. The molecule has 0 spiro atoms. The molecule has 2 amide bonds. The number of benzene rings is 4. The number of anilines is 2. The number of piperazine rings is 1. The van der Waals surface area contributed by atoms with Crippen molar-refractivity contribution in [2.24, 2.45) is 0 Å². The molecule has 46 heavy (non-hydrogen) atoms. The third kappa shape index (κ3) is 7.93. The minimum atomic E-state index is -3.56. The van der Waals surface area contributed by atoms with Crippen LogP contribution >= 0.6 is 0 Å². The third-order valence-electron chi connectivity index (χ3n) is 7.80. The monoisotopic (exact) mass is 660 g/mol. The van der Waals surface area contributed by atoms with Gasteiger partial charge in [0.2, 0.25) is 20.0 Å². The molecule has 0 radical (unpaired) electrons. The molecule has 1 saturated heterocycles. The topological polar surface area (TPSA) is 115 Å². The number of sulfonamides is 2. The van der Waals surface area contributed by atoms with Crippen LogP contribution in [0.4, 0.5) is 11.4 Å². The van der Waals surface area contributed by atoms with E-state index < -0.39 is 20.0 Å². The molecule has 1 aliphatic heterocycles. The van der Waals surface area contributed by atoms with E-state index in [1.54, 1.807) is 58.3 Å². The van der Waals surface area contributed by atoms with E-state index in [1.807, 2.05) is 60.7 Å². The van der Waals surface area contributed by atoms with E-state index in [2.05, 4.69) is 0 Å². The van der Waals surface area contributed by atoms with Gasteiger partial charge in [-0.25, -0.2) is 16.8 Å². The first-order valence-electron chi connectivity index (χ1n) is 14.7. The molecule has 0 atom stereocenters. The van der Waals surface area contributed by atoms with Crippen molar-refractivity contribution in [2.75, 3.05) is 47.3 Å². The Kier molecular flexibility index (Phi) is 9.78. The molecule has 1 heterocycles. The molecule has 5 rings (SSSR count). The van der Waals surface area contributed by atoms with Gasteiger partial charge in [-0.3, -0.25) is 18.2 Å². The summed E-state index contributed by atoms with van der Waals surface area (Å²) in [7, 11) is -7.12. The van der Waals surface area contributed by atoms with E-state index in [0.29, 0.717) is 48.7 Å². The number of carbonyl (C=O) groups is 2. The molecule has 12 heteroatoms. The average Bonchev–Trinajstić information content (AvgIpc) is 3.06. The average molecular weight is 661 g/mol. The standard InChI is InChI=1S/C34H36N4O6S2/c1-45(41,42)37(25-27-9-5-3-6-10-27)31-17-13-29(14-18-31)33(39)35-21-23-36(24-22-35)34(40)30-15-19-32(20-16-30)38(46(2,43)44)26-28-11-7-4-8-12-28/h3-20H,21-26H2,1-2H3. The summed E-state index contributed by atoms with van der Waals surface area (Å²) in [6, 6.07) is 31.6. The highest BCUT2D eigenvalue weighted by atomic mass is 32.2. The fourth-order valence-corrected chi connectivity index (χ4v) is 7.09. The first-order chi connectivity index (χ1) is 21.9. The molecule has 0 saturated carbocycles. The van der Waals surface area contributed by atoms with Crippen molar-refractivity contribution in [1.82, 2.24) is 9.80 Å². The molecule has 0 unspecified atom stereocenters. The van der Waals surface area contributed by atoms with Gasteiger partial charge >= 0.3 is 0 Å². The lowest BCUT2D eigenvalue weighted by atomic mass is 10.1. The summed E-state index contributed by atoms with van der Waals surface area (Å²) in [5.74, 6) is -0.396. The Morgan fingerprint density at radius 3 is 1.11 bits per heavy atom. The molecule has 4 aromatic carbocycles. The van der Waals surface area contributed by atoms with E-state index in [4.69, 9.17) is 0 Å². The van der Waals surface area contributed by atoms with Crippen LogP contribution < -0.4 is 8.61 Å². The van der Waals surface area contributed by atoms with Crippen LogP contribution in [0.1, 0.15) is 31.8 Å². The molecule has 0 N–H and O–H groups in total. The Morgan fingerprint density at radius 1 is 0.522 bits per heavy atom. The van der Waals surface area contributed by atoms with E-state index in [0.717, 1.165) is 23.6 Å². The second-order valence-electron chi connectivity index (χ2n) is 11.2. The van der Waals surface area contributed by atoms with Crippen molar-refractivity contribution in [3.05, 3.63) is 131 Å². The SMILES string of the molecule is CS(=O)(=O)N(Cc1ccccc1)c1ccc(C(=O)N2CCN(C(=O)c3ccc(N(Cc4ccccc4)S(C)(=O)=O)cc3)CC2)cc1. The van der Waals surface area contributed by atoms with Gasteiger partial charge < -0.3 is 9.80 Å². The number of nitrogens with zero attached hydrogens (tertiary/aromatic N) is 4. The van der Waals surface area contributed by atoms with Crippen LogP contribution in [-0.2, 0) is 33.1 Å². The first kappa shape index (κ1) is 32.7. The summed E-state index contributed by atoms with van der Waals surface area (Å²) in [5.41, 5.74) is 3.47. The second-order valence-corrected chi connectivity index (χ2v) is 15.0. The Labute approximate surface area is 270 Å². The van der Waals surface area contributed by atoms with Crippen molar-refractivity contribution in [1.29, 1.82) is 0 Å². The molecule has 0 aromatic heterocycles. The van der Waals surface area contributed by atoms with Gasteiger partial charge in [-0.05, 0) is 59.7 Å². The van der Waals surface area contributed by atoms with Crippen LogP contribution in [0.25, 0.3) is 0 Å². The predicted octanol–water partition coefficient (Wildman–Crippen LogP) is 4.22. The lowest BCUT2D eigenvalue weighted by Crippen LogP contribution is -2.50. The van der Waals surface area contributed by atoms with Crippen molar-refractivity contribution in [2.45, 2.75) is 13.1 Å². The molecule has 240 valence electrons. The van der Waals surface area contributed by atoms with Crippen LogP contribution in [0.15, 0.2) is 109 Å². The van der Waals surface area contributed by atoms with Gasteiger partial charge in [0.05, 0.1) is 37.0 Å². The molecule has 0 bridgehead atoms. The zero-order chi connectivity index (χ0) is 32.9. The van der Waals surface area contributed by atoms with Crippen LogP contribution in [0.2, 0.25) is 0 Å². The van der Waals surface area contributed by atoms with Crippen molar-refractivity contribution < 1.29 is 26.4 Å². The molecule has 1 aliphatic rings.